The number of ketones is 3. The molecule has 0 aliphatic heterocycles. The van der Waals surface area contributed by atoms with Gasteiger partial charge >= 0.3 is 0 Å². The van der Waals surface area contributed by atoms with Gasteiger partial charge in [0, 0.05) is 33.4 Å². The minimum absolute atomic E-state index is 0.0789. The molecule has 0 saturated carbocycles. The van der Waals surface area contributed by atoms with E-state index in [4.69, 9.17) is 0 Å². The highest BCUT2D eigenvalue weighted by molar-refractivity contribution is 6.32. The third-order valence-electron chi connectivity index (χ3n) is 16.7. The van der Waals surface area contributed by atoms with Crippen molar-refractivity contribution in [1.29, 1.82) is 0 Å². The summed E-state index contributed by atoms with van der Waals surface area (Å²) in [4.78, 5) is 44.9. The number of fused-ring (bicyclic) bond motifs is 24. The summed E-state index contributed by atoms with van der Waals surface area (Å²) < 4.78 is 0. The van der Waals surface area contributed by atoms with E-state index < -0.39 is 0 Å². The van der Waals surface area contributed by atoms with Gasteiger partial charge in [0.25, 0.3) is 0 Å². The van der Waals surface area contributed by atoms with Crippen LogP contribution in [0.15, 0.2) is 255 Å². The van der Waals surface area contributed by atoms with Crippen LogP contribution >= 0.6 is 0 Å². The number of rotatable bonds is 6. The van der Waals surface area contributed by atoms with Crippen molar-refractivity contribution in [3.8, 4) is 0 Å². The van der Waals surface area contributed by atoms with Gasteiger partial charge in [-0.2, -0.15) is 0 Å². The van der Waals surface area contributed by atoms with Crippen LogP contribution in [0.1, 0.15) is 47.8 Å². The fraction of sp³-hybridized carbons (Fsp3) is 0. The summed E-state index contributed by atoms with van der Waals surface area (Å²) in [6.45, 7) is 0. The zero-order valence-corrected chi connectivity index (χ0v) is 42.0. The zero-order valence-electron chi connectivity index (χ0n) is 42.0. The molecule has 0 heterocycles. The molecule has 360 valence electrons. The molecule has 0 bridgehead atoms. The Morgan fingerprint density at radius 3 is 0.423 bits per heavy atom. The molecule has 0 aliphatic rings. The molecular formula is C75H42O3. The van der Waals surface area contributed by atoms with Crippen molar-refractivity contribution < 1.29 is 14.4 Å². The van der Waals surface area contributed by atoms with Crippen molar-refractivity contribution in [2.45, 2.75) is 0 Å². The Morgan fingerprint density at radius 2 is 0.256 bits per heavy atom. The summed E-state index contributed by atoms with van der Waals surface area (Å²) in [6, 6.07) is 86.6. The Hall–Kier alpha value is -10.4. The van der Waals surface area contributed by atoms with Crippen molar-refractivity contribution >= 4 is 147 Å². The molecule has 0 aliphatic carbocycles. The summed E-state index contributed by atoms with van der Waals surface area (Å²) in [5, 5.41) is 25.4. The zero-order chi connectivity index (χ0) is 51.8. The standard InChI is InChI=1S/C75H42O3/c76-73(43-25-31-61-55-19-4-1-13-49(55)52-16-7-10-22-58(52)67(61)37-43)46-28-34-64-65-35-29-47(74(77)44-26-32-62-56-20-5-2-14-50(56)53-17-8-11-23-59(53)68(62)38-44)41-71(65)72-42-48(30-36-66(72)70(64)40-46)75(78)45-27-33-63-57-21-6-3-15-51(57)54-18-9-12-24-60(54)69(63)39-45/h1-42H. The van der Waals surface area contributed by atoms with Crippen molar-refractivity contribution in [1.82, 2.24) is 0 Å². The highest BCUT2D eigenvalue weighted by Crippen LogP contribution is 2.42. The second-order valence-corrected chi connectivity index (χ2v) is 20.8. The Bertz CT molecular complexity index is 5290. The number of hydrogen-bond donors (Lipinski definition) is 0. The summed E-state index contributed by atoms with van der Waals surface area (Å²) in [5.41, 5.74) is 3.42. The normalized spacial score (nSPS) is 12.0. The highest BCUT2D eigenvalue weighted by atomic mass is 16.1. The third kappa shape index (κ3) is 6.49. The fourth-order valence-corrected chi connectivity index (χ4v) is 13.1. The van der Waals surface area contributed by atoms with E-state index in [1.165, 1.54) is 16.2 Å². The molecule has 0 fully saturated rings. The van der Waals surface area contributed by atoms with Gasteiger partial charge in [-0.05, 0) is 166 Å². The summed E-state index contributed by atoms with van der Waals surface area (Å²) in [7, 11) is 0. The molecule has 3 heteroatoms. The number of carbonyl (C=O) groups is 3. The molecule has 0 atom stereocenters. The van der Waals surface area contributed by atoms with E-state index in [9.17, 15) is 9.59 Å². The second-order valence-electron chi connectivity index (χ2n) is 20.8. The molecule has 0 aromatic heterocycles. The SMILES string of the molecule is O=C(c1ccc2c3ccccc3c3ccccc3c2c1)c1ccc2c3ccc(C(=O)c4ccc5c6ccccc6c6ccccc6c5c4)cc3c3cc(C(=O)c4ccc5c6ccccc6c6ccccc6c5c4)ccc3c2c1. The van der Waals surface area contributed by atoms with Crippen LogP contribution in [0.3, 0.4) is 0 Å². The maximum Gasteiger partial charge on any atom is 0.193 e. The van der Waals surface area contributed by atoms with Crippen molar-refractivity contribution in [2.24, 2.45) is 0 Å². The van der Waals surface area contributed by atoms with Gasteiger partial charge in [-0.15, -0.1) is 0 Å². The average molecular weight is 991 g/mol. The lowest BCUT2D eigenvalue weighted by Gasteiger charge is -2.15. The van der Waals surface area contributed by atoms with Gasteiger partial charge in [0.2, 0.25) is 0 Å². The molecule has 3 nitrogen and oxygen atoms in total. The van der Waals surface area contributed by atoms with Crippen LogP contribution in [0.2, 0.25) is 0 Å². The van der Waals surface area contributed by atoms with E-state index >= 15 is 4.79 Å². The van der Waals surface area contributed by atoms with E-state index in [1.54, 1.807) is 0 Å². The van der Waals surface area contributed by atoms with Crippen LogP contribution in [-0.2, 0) is 0 Å². The average Bonchev–Trinajstić information content (AvgIpc) is 3.69. The maximum absolute atomic E-state index is 15.0. The lowest BCUT2D eigenvalue weighted by molar-refractivity contribution is 0.103. The predicted octanol–water partition coefficient (Wildman–Crippen LogP) is 19.2. The summed E-state index contributed by atoms with van der Waals surface area (Å²) in [5.74, 6) is -0.276. The second kappa shape index (κ2) is 16.8. The number of benzene rings is 16. The van der Waals surface area contributed by atoms with Crippen LogP contribution in [-0.4, -0.2) is 17.3 Å². The van der Waals surface area contributed by atoms with E-state index in [-0.39, 0.29) is 17.3 Å². The van der Waals surface area contributed by atoms with E-state index in [2.05, 4.69) is 164 Å². The molecule has 0 amide bonds. The van der Waals surface area contributed by atoms with Crippen molar-refractivity contribution in [2.75, 3.05) is 0 Å². The summed E-state index contributed by atoms with van der Waals surface area (Å²) >= 11 is 0. The highest BCUT2D eigenvalue weighted by Gasteiger charge is 2.21. The van der Waals surface area contributed by atoms with E-state index in [0.29, 0.717) is 33.4 Å². The first kappa shape index (κ1) is 44.0. The molecule has 0 saturated heterocycles. The van der Waals surface area contributed by atoms with Gasteiger partial charge in [-0.1, -0.05) is 218 Å². The van der Waals surface area contributed by atoms with E-state index in [1.807, 2.05) is 91.0 Å². The van der Waals surface area contributed by atoms with E-state index in [0.717, 1.165) is 113 Å². The Morgan fingerprint density at radius 1 is 0.141 bits per heavy atom. The maximum atomic E-state index is 15.0. The minimum atomic E-state index is -0.104. The number of carbonyl (C=O) groups excluding carboxylic acids is 3. The molecule has 16 aromatic rings. The van der Waals surface area contributed by atoms with Crippen molar-refractivity contribution in [3.05, 3.63) is 288 Å². The predicted molar refractivity (Wildman–Crippen MR) is 326 cm³/mol. The van der Waals surface area contributed by atoms with Gasteiger partial charge in [0.05, 0.1) is 0 Å². The topological polar surface area (TPSA) is 51.2 Å². The molecule has 0 unspecified atom stereocenters. The van der Waals surface area contributed by atoms with Crippen LogP contribution < -0.4 is 0 Å². The summed E-state index contributed by atoms with van der Waals surface area (Å²) in [6.07, 6.45) is 0. The molecule has 16 rings (SSSR count). The van der Waals surface area contributed by atoms with Gasteiger partial charge in [0.15, 0.2) is 17.3 Å². The third-order valence-corrected chi connectivity index (χ3v) is 16.7. The molecular weight excluding hydrogens is 949 g/mol. The lowest BCUT2D eigenvalue weighted by Crippen LogP contribution is -2.03. The van der Waals surface area contributed by atoms with Crippen LogP contribution in [0.5, 0.6) is 0 Å². The van der Waals surface area contributed by atoms with Crippen molar-refractivity contribution in [3.63, 3.8) is 0 Å². The Balaban J connectivity index is 0.870. The number of hydrogen-bond acceptors (Lipinski definition) is 3. The van der Waals surface area contributed by atoms with Crippen LogP contribution in [0, 0.1) is 0 Å². The molecule has 16 aromatic carbocycles. The first-order chi connectivity index (χ1) is 38.4. The minimum Gasteiger partial charge on any atom is -0.289 e. The van der Waals surface area contributed by atoms with Gasteiger partial charge in [-0.3, -0.25) is 14.4 Å². The van der Waals surface area contributed by atoms with Crippen LogP contribution in [0.4, 0.5) is 0 Å². The largest absolute Gasteiger partial charge is 0.289 e. The fourth-order valence-electron chi connectivity index (χ4n) is 13.1. The van der Waals surface area contributed by atoms with Gasteiger partial charge in [0.1, 0.15) is 0 Å². The monoisotopic (exact) mass is 990 g/mol. The molecule has 0 N–H and O–H groups in total. The Kier molecular flexibility index (Phi) is 9.49. The quantitative estimate of drug-likeness (QED) is 0.123. The molecule has 78 heavy (non-hydrogen) atoms. The smallest absolute Gasteiger partial charge is 0.193 e. The Labute approximate surface area is 446 Å². The van der Waals surface area contributed by atoms with Crippen LogP contribution in [0.25, 0.3) is 129 Å². The van der Waals surface area contributed by atoms with Gasteiger partial charge in [-0.25, -0.2) is 0 Å². The first-order valence-corrected chi connectivity index (χ1v) is 26.5. The first-order valence-electron chi connectivity index (χ1n) is 26.5. The molecule has 0 spiro atoms. The van der Waals surface area contributed by atoms with Gasteiger partial charge < -0.3 is 0 Å². The molecule has 0 radical (unpaired) electrons. The lowest BCUT2D eigenvalue weighted by atomic mass is 9.87.